The van der Waals surface area contributed by atoms with E-state index < -0.39 is 0 Å². The number of rotatable bonds is 5. The van der Waals surface area contributed by atoms with E-state index in [1.54, 1.807) is 24.3 Å². The molecule has 0 saturated heterocycles. The summed E-state index contributed by atoms with van der Waals surface area (Å²) in [7, 11) is 0. The number of anilines is 1. The fourth-order valence-corrected chi connectivity index (χ4v) is 2.97. The van der Waals surface area contributed by atoms with Crippen LogP contribution in [0.4, 0.5) is 10.8 Å². The standard InChI is InChI=1S/C17H16ClN5O2S/c1-10(24)20-8-13-5-6-15(25-13)14-9-26-17(22-14)23-16(19)21-12-4-2-3-11(18)7-12/h2-7,9H,8H2,1H3,(H,20,24)(H3,19,21,22,23). The molecule has 0 atom stereocenters. The number of furan rings is 1. The summed E-state index contributed by atoms with van der Waals surface area (Å²) in [5.41, 5.74) is 7.30. The Morgan fingerprint density at radius 2 is 2.23 bits per heavy atom. The Labute approximate surface area is 158 Å². The number of guanidine groups is 1. The fourth-order valence-electron chi connectivity index (χ4n) is 2.10. The van der Waals surface area contributed by atoms with Crippen molar-refractivity contribution in [2.24, 2.45) is 10.7 Å². The van der Waals surface area contributed by atoms with Crippen molar-refractivity contribution in [1.82, 2.24) is 10.3 Å². The molecular weight excluding hydrogens is 374 g/mol. The molecule has 3 rings (SSSR count). The summed E-state index contributed by atoms with van der Waals surface area (Å²) in [6.07, 6.45) is 0. The van der Waals surface area contributed by atoms with E-state index in [0.717, 1.165) is 5.69 Å². The minimum Gasteiger partial charge on any atom is -0.458 e. The van der Waals surface area contributed by atoms with E-state index in [-0.39, 0.29) is 11.9 Å². The predicted molar refractivity (Wildman–Crippen MR) is 104 cm³/mol. The quantitative estimate of drug-likeness (QED) is 0.455. The van der Waals surface area contributed by atoms with Gasteiger partial charge < -0.3 is 20.8 Å². The molecule has 0 saturated carbocycles. The molecule has 2 heterocycles. The molecule has 0 fully saturated rings. The number of halogens is 1. The maximum Gasteiger partial charge on any atom is 0.217 e. The summed E-state index contributed by atoms with van der Waals surface area (Å²) < 4.78 is 5.67. The molecule has 26 heavy (non-hydrogen) atoms. The number of hydrogen-bond acceptors (Lipinski definition) is 5. The Hall–Kier alpha value is -2.84. The largest absolute Gasteiger partial charge is 0.458 e. The van der Waals surface area contributed by atoms with Crippen LogP contribution in [-0.2, 0) is 11.3 Å². The zero-order valence-electron chi connectivity index (χ0n) is 13.8. The van der Waals surface area contributed by atoms with Gasteiger partial charge in [0.15, 0.2) is 5.76 Å². The average Bonchev–Trinajstić information content (AvgIpc) is 3.21. The van der Waals surface area contributed by atoms with Crippen LogP contribution in [0.15, 0.2) is 51.2 Å². The normalized spacial score (nSPS) is 11.4. The van der Waals surface area contributed by atoms with E-state index in [4.69, 9.17) is 21.8 Å². The van der Waals surface area contributed by atoms with Crippen molar-refractivity contribution >= 4 is 45.6 Å². The summed E-state index contributed by atoms with van der Waals surface area (Å²) in [6, 6.07) is 10.8. The van der Waals surface area contributed by atoms with E-state index in [9.17, 15) is 4.79 Å². The van der Waals surface area contributed by atoms with E-state index in [1.165, 1.54) is 18.3 Å². The number of carbonyl (C=O) groups excluding carboxylic acids is 1. The summed E-state index contributed by atoms with van der Waals surface area (Å²) in [5.74, 6) is 1.34. The van der Waals surface area contributed by atoms with E-state index >= 15 is 0 Å². The minimum absolute atomic E-state index is 0.115. The number of hydrogen-bond donors (Lipinski definition) is 3. The van der Waals surface area contributed by atoms with Crippen LogP contribution in [0.5, 0.6) is 0 Å². The first-order valence-electron chi connectivity index (χ1n) is 7.65. The van der Waals surface area contributed by atoms with Gasteiger partial charge in [-0.15, -0.1) is 11.3 Å². The van der Waals surface area contributed by atoms with Crippen molar-refractivity contribution in [3.63, 3.8) is 0 Å². The number of nitrogens with one attached hydrogen (secondary N) is 2. The fraction of sp³-hybridized carbons (Fsp3) is 0.118. The number of nitrogens with two attached hydrogens (primary N) is 1. The molecule has 0 aliphatic carbocycles. The van der Waals surface area contributed by atoms with Gasteiger partial charge in [0.25, 0.3) is 0 Å². The smallest absolute Gasteiger partial charge is 0.217 e. The van der Waals surface area contributed by atoms with Crippen LogP contribution >= 0.6 is 22.9 Å². The maximum absolute atomic E-state index is 10.9. The Morgan fingerprint density at radius 3 is 3.00 bits per heavy atom. The van der Waals surface area contributed by atoms with Gasteiger partial charge >= 0.3 is 0 Å². The van der Waals surface area contributed by atoms with Gasteiger partial charge in [0, 0.05) is 23.0 Å². The molecule has 1 aromatic carbocycles. The van der Waals surface area contributed by atoms with Crippen LogP contribution in [0, 0.1) is 0 Å². The van der Waals surface area contributed by atoms with Crippen molar-refractivity contribution in [2.75, 3.05) is 5.32 Å². The van der Waals surface area contributed by atoms with Crippen LogP contribution in [0.2, 0.25) is 5.02 Å². The highest BCUT2D eigenvalue weighted by molar-refractivity contribution is 7.13. The van der Waals surface area contributed by atoms with Gasteiger partial charge in [-0.3, -0.25) is 4.79 Å². The third-order valence-corrected chi connectivity index (χ3v) is 4.20. The first kappa shape index (κ1) is 18.0. The van der Waals surface area contributed by atoms with Gasteiger partial charge in [-0.05, 0) is 30.3 Å². The molecule has 2 aromatic heterocycles. The molecule has 9 heteroatoms. The van der Waals surface area contributed by atoms with Gasteiger partial charge in [0.05, 0.1) is 6.54 Å². The van der Waals surface area contributed by atoms with Crippen LogP contribution in [0.1, 0.15) is 12.7 Å². The molecule has 4 N–H and O–H groups in total. The highest BCUT2D eigenvalue weighted by Crippen LogP contribution is 2.28. The van der Waals surface area contributed by atoms with Crippen molar-refractivity contribution in [1.29, 1.82) is 0 Å². The van der Waals surface area contributed by atoms with Crippen LogP contribution in [0.3, 0.4) is 0 Å². The van der Waals surface area contributed by atoms with Crippen molar-refractivity contribution < 1.29 is 9.21 Å². The monoisotopic (exact) mass is 389 g/mol. The molecular formula is C17H16ClN5O2S. The number of nitrogens with zero attached hydrogens (tertiary/aromatic N) is 2. The molecule has 7 nitrogen and oxygen atoms in total. The Balaban J connectivity index is 1.68. The SMILES string of the molecule is CC(=O)NCc1ccc(-c2csc(N=C(N)Nc3cccc(Cl)c3)n2)o1. The second-order valence-electron chi connectivity index (χ2n) is 5.32. The second kappa shape index (κ2) is 8.03. The maximum atomic E-state index is 10.9. The highest BCUT2D eigenvalue weighted by Gasteiger charge is 2.10. The topological polar surface area (TPSA) is 106 Å². The van der Waals surface area contributed by atoms with Gasteiger partial charge in [-0.1, -0.05) is 17.7 Å². The predicted octanol–water partition coefficient (Wildman–Crippen LogP) is 3.75. The second-order valence-corrected chi connectivity index (χ2v) is 6.60. The number of aromatic nitrogens is 1. The van der Waals surface area contributed by atoms with Crippen molar-refractivity contribution in [3.8, 4) is 11.5 Å². The Kier molecular flexibility index (Phi) is 5.55. The van der Waals surface area contributed by atoms with E-state index in [0.29, 0.717) is 33.9 Å². The van der Waals surface area contributed by atoms with Gasteiger partial charge in [0.1, 0.15) is 11.5 Å². The lowest BCUT2D eigenvalue weighted by Gasteiger charge is -2.04. The number of amides is 1. The summed E-state index contributed by atoms with van der Waals surface area (Å²) in [5, 5.41) is 8.56. The van der Waals surface area contributed by atoms with Gasteiger partial charge in [0.2, 0.25) is 17.0 Å². The minimum atomic E-state index is -0.115. The number of thiazole rings is 1. The lowest BCUT2D eigenvalue weighted by molar-refractivity contribution is -0.119. The lowest BCUT2D eigenvalue weighted by atomic mass is 10.3. The molecule has 0 unspecified atom stereocenters. The first-order chi connectivity index (χ1) is 12.5. The molecule has 3 aromatic rings. The molecule has 0 bridgehead atoms. The molecule has 134 valence electrons. The molecule has 0 radical (unpaired) electrons. The van der Waals surface area contributed by atoms with Crippen molar-refractivity contribution in [3.05, 3.63) is 52.6 Å². The average molecular weight is 390 g/mol. The molecule has 0 spiro atoms. The van der Waals surface area contributed by atoms with Gasteiger partial charge in [-0.25, -0.2) is 4.98 Å². The number of carbonyl (C=O) groups is 1. The zero-order valence-corrected chi connectivity index (χ0v) is 15.4. The van der Waals surface area contributed by atoms with Gasteiger partial charge in [-0.2, -0.15) is 4.99 Å². The first-order valence-corrected chi connectivity index (χ1v) is 8.91. The molecule has 1 amide bonds. The number of aliphatic imine (C=N–C) groups is 1. The highest BCUT2D eigenvalue weighted by atomic mass is 35.5. The van der Waals surface area contributed by atoms with Crippen LogP contribution < -0.4 is 16.4 Å². The number of benzene rings is 1. The Morgan fingerprint density at radius 1 is 1.38 bits per heavy atom. The zero-order chi connectivity index (χ0) is 18.5. The third-order valence-electron chi connectivity index (χ3n) is 3.23. The van der Waals surface area contributed by atoms with E-state index in [2.05, 4.69) is 20.6 Å². The third kappa shape index (κ3) is 4.84. The van der Waals surface area contributed by atoms with Crippen LogP contribution in [0.25, 0.3) is 11.5 Å². The Bertz CT molecular complexity index is 950. The summed E-state index contributed by atoms with van der Waals surface area (Å²) in [6.45, 7) is 1.79. The summed E-state index contributed by atoms with van der Waals surface area (Å²) in [4.78, 5) is 19.6. The molecule has 0 aliphatic rings. The lowest BCUT2D eigenvalue weighted by Crippen LogP contribution is -2.21. The van der Waals surface area contributed by atoms with Crippen molar-refractivity contribution in [2.45, 2.75) is 13.5 Å². The van der Waals surface area contributed by atoms with Crippen LogP contribution in [-0.4, -0.2) is 16.9 Å². The molecule has 0 aliphatic heterocycles. The van der Waals surface area contributed by atoms with E-state index in [1.807, 2.05) is 17.5 Å². The summed E-state index contributed by atoms with van der Waals surface area (Å²) >= 11 is 7.28.